The molecule has 0 radical (unpaired) electrons. The lowest BCUT2D eigenvalue weighted by Gasteiger charge is -2.12. The van der Waals surface area contributed by atoms with Crippen LogP contribution in [0.2, 0.25) is 0 Å². The average molecular weight is 468 g/mol. The minimum atomic E-state index is -0.606. The molecule has 1 atom stereocenters. The molecule has 6 heteroatoms. The predicted octanol–water partition coefficient (Wildman–Crippen LogP) is -0.290. The molecule has 26 heavy (non-hydrogen) atoms. The highest BCUT2D eigenvalue weighted by Gasteiger charge is 2.22. The number of hydrogen-bond acceptors (Lipinski definition) is 3. The summed E-state index contributed by atoms with van der Waals surface area (Å²) in [6.45, 7) is 5.83. The lowest BCUT2D eigenvalue weighted by atomic mass is 10.3. The van der Waals surface area contributed by atoms with Crippen LogP contribution < -0.4 is 38.0 Å². The zero-order valence-electron chi connectivity index (χ0n) is 15.4. The molecular formula is C20H25IN2O3. The number of hydrogen-bond donors (Lipinski definition) is 1. The number of rotatable bonds is 7. The number of fused-ring (bicyclic) bond motifs is 1. The summed E-state index contributed by atoms with van der Waals surface area (Å²) in [5.74, 6) is 2.56. The van der Waals surface area contributed by atoms with E-state index in [-0.39, 0.29) is 30.6 Å². The van der Waals surface area contributed by atoms with Crippen LogP contribution in [0.1, 0.15) is 12.7 Å². The van der Waals surface area contributed by atoms with Crippen LogP contribution in [0.25, 0.3) is 11.0 Å². The predicted molar refractivity (Wildman–Crippen MR) is 97.0 cm³/mol. The zero-order chi connectivity index (χ0) is 17.8. The number of imidazole rings is 1. The highest BCUT2D eigenvalue weighted by Crippen LogP contribution is 2.19. The van der Waals surface area contributed by atoms with Crippen molar-refractivity contribution in [2.75, 3.05) is 13.7 Å². The van der Waals surface area contributed by atoms with Gasteiger partial charge in [-0.2, -0.15) is 0 Å². The standard InChI is InChI=1S/C20H25N2O3.HI/c1-4-21-15(2)22(20-11-6-5-10-19(20)21)13-16(23)14-25-18-9-7-8-17(12-18)24-3;/h5-12,16,23H,4,13-14H2,1-3H3;1H/q+1;/p-1. The fourth-order valence-corrected chi connectivity index (χ4v) is 3.19. The van der Waals surface area contributed by atoms with E-state index in [2.05, 4.69) is 35.1 Å². The lowest BCUT2D eigenvalue weighted by molar-refractivity contribution is -0.685. The van der Waals surface area contributed by atoms with E-state index < -0.39 is 6.10 Å². The number of nitrogens with zero attached hydrogens (tertiary/aromatic N) is 2. The summed E-state index contributed by atoms with van der Waals surface area (Å²) in [4.78, 5) is 0. The van der Waals surface area contributed by atoms with Crippen LogP contribution in [0.15, 0.2) is 48.5 Å². The molecule has 140 valence electrons. The Morgan fingerprint density at radius 1 is 1.12 bits per heavy atom. The first kappa shape index (κ1) is 20.5. The van der Waals surface area contributed by atoms with Crippen molar-refractivity contribution in [3.63, 3.8) is 0 Å². The van der Waals surface area contributed by atoms with Gasteiger partial charge in [0.05, 0.1) is 13.7 Å². The van der Waals surface area contributed by atoms with Gasteiger partial charge in [-0.3, -0.25) is 0 Å². The Morgan fingerprint density at radius 3 is 2.58 bits per heavy atom. The number of ether oxygens (including phenoxy) is 2. The molecule has 0 saturated carbocycles. The summed E-state index contributed by atoms with van der Waals surface area (Å²) in [7, 11) is 1.62. The minimum Gasteiger partial charge on any atom is -1.00 e. The molecule has 2 aromatic carbocycles. The van der Waals surface area contributed by atoms with E-state index in [1.807, 2.05) is 36.4 Å². The minimum absolute atomic E-state index is 0. The van der Waals surface area contributed by atoms with Crippen molar-refractivity contribution in [1.82, 2.24) is 4.57 Å². The van der Waals surface area contributed by atoms with Gasteiger partial charge < -0.3 is 38.6 Å². The fraction of sp³-hybridized carbons (Fsp3) is 0.350. The van der Waals surface area contributed by atoms with Gasteiger partial charge in [0.2, 0.25) is 0 Å². The van der Waals surface area contributed by atoms with Crippen LogP contribution in [-0.4, -0.2) is 29.5 Å². The third-order valence-electron chi connectivity index (χ3n) is 4.44. The van der Waals surface area contributed by atoms with Gasteiger partial charge in [0.1, 0.15) is 30.8 Å². The molecule has 1 heterocycles. The maximum Gasteiger partial charge on any atom is 0.254 e. The van der Waals surface area contributed by atoms with E-state index >= 15 is 0 Å². The number of halogens is 1. The fourth-order valence-electron chi connectivity index (χ4n) is 3.19. The molecule has 0 saturated heterocycles. The topological polar surface area (TPSA) is 47.5 Å². The van der Waals surface area contributed by atoms with Crippen LogP contribution in [0, 0.1) is 6.92 Å². The van der Waals surface area contributed by atoms with E-state index in [0.29, 0.717) is 12.3 Å². The van der Waals surface area contributed by atoms with Gasteiger partial charge in [0, 0.05) is 13.0 Å². The second-order valence-corrected chi connectivity index (χ2v) is 6.03. The quantitative estimate of drug-likeness (QED) is 0.383. The number of benzene rings is 2. The van der Waals surface area contributed by atoms with Crippen molar-refractivity contribution < 1.29 is 43.1 Å². The molecule has 1 unspecified atom stereocenters. The molecule has 3 aromatic rings. The van der Waals surface area contributed by atoms with Crippen molar-refractivity contribution in [1.29, 1.82) is 0 Å². The third-order valence-corrected chi connectivity index (χ3v) is 4.44. The molecule has 0 aliphatic rings. The Balaban J connectivity index is 0.00000243. The van der Waals surface area contributed by atoms with Gasteiger partial charge in [0.25, 0.3) is 5.82 Å². The number of para-hydroxylation sites is 2. The van der Waals surface area contributed by atoms with Crippen molar-refractivity contribution in [3.05, 3.63) is 54.4 Å². The van der Waals surface area contributed by atoms with E-state index in [0.717, 1.165) is 23.6 Å². The Kier molecular flexibility index (Phi) is 7.28. The number of aryl methyl sites for hydroxylation is 1. The van der Waals surface area contributed by atoms with Crippen molar-refractivity contribution in [2.45, 2.75) is 33.0 Å². The van der Waals surface area contributed by atoms with Gasteiger partial charge >= 0.3 is 0 Å². The molecule has 5 nitrogen and oxygen atoms in total. The van der Waals surface area contributed by atoms with E-state index in [1.165, 1.54) is 5.52 Å². The normalized spacial score (nSPS) is 11.8. The largest absolute Gasteiger partial charge is 1.00 e. The Bertz CT molecular complexity index is 863. The SMILES string of the molecule is CCn1c(C)[n+](CC(O)COc2cccc(OC)c2)c2ccccc21.[I-]. The smallest absolute Gasteiger partial charge is 0.254 e. The van der Waals surface area contributed by atoms with E-state index in [4.69, 9.17) is 9.47 Å². The molecule has 1 aromatic heterocycles. The Hall–Kier alpha value is -1.80. The number of methoxy groups -OCH3 is 1. The molecule has 0 fully saturated rings. The van der Waals surface area contributed by atoms with E-state index in [9.17, 15) is 5.11 Å². The summed E-state index contributed by atoms with van der Waals surface area (Å²) >= 11 is 0. The molecule has 0 amide bonds. The maximum atomic E-state index is 10.5. The average Bonchev–Trinajstić information content (AvgIpc) is 2.91. The maximum absolute atomic E-state index is 10.5. The Morgan fingerprint density at radius 2 is 1.85 bits per heavy atom. The number of aliphatic hydroxyl groups excluding tert-OH is 1. The first-order chi connectivity index (χ1) is 12.1. The van der Waals surface area contributed by atoms with Gasteiger partial charge in [0.15, 0.2) is 11.0 Å². The third kappa shape index (κ3) is 4.29. The summed E-state index contributed by atoms with van der Waals surface area (Å²) in [6, 6.07) is 15.7. The van der Waals surface area contributed by atoms with Gasteiger partial charge in [-0.1, -0.05) is 18.2 Å². The molecule has 0 bridgehead atoms. The van der Waals surface area contributed by atoms with Crippen LogP contribution in [0.5, 0.6) is 11.5 Å². The molecule has 1 N–H and O–H groups in total. The van der Waals surface area contributed by atoms with Gasteiger partial charge in [-0.05, 0) is 31.2 Å². The summed E-state index contributed by atoms with van der Waals surface area (Å²) in [5.41, 5.74) is 2.31. The summed E-state index contributed by atoms with van der Waals surface area (Å²) < 4.78 is 15.3. The van der Waals surface area contributed by atoms with Crippen LogP contribution >= 0.6 is 0 Å². The number of aromatic nitrogens is 2. The monoisotopic (exact) mass is 468 g/mol. The molecule has 0 aliphatic heterocycles. The van der Waals surface area contributed by atoms with Crippen LogP contribution in [0.3, 0.4) is 0 Å². The first-order valence-electron chi connectivity index (χ1n) is 8.56. The van der Waals surface area contributed by atoms with Gasteiger partial charge in [-0.15, -0.1) is 0 Å². The van der Waals surface area contributed by atoms with Crippen molar-refractivity contribution in [3.8, 4) is 11.5 Å². The van der Waals surface area contributed by atoms with Crippen LogP contribution in [0.4, 0.5) is 0 Å². The summed E-state index contributed by atoms with van der Waals surface area (Å²) in [5, 5.41) is 10.5. The molecular weight excluding hydrogens is 443 g/mol. The second-order valence-electron chi connectivity index (χ2n) is 6.03. The molecule has 0 aliphatic carbocycles. The lowest BCUT2D eigenvalue weighted by Crippen LogP contribution is -3.00. The highest BCUT2D eigenvalue weighted by molar-refractivity contribution is 5.72. The summed E-state index contributed by atoms with van der Waals surface area (Å²) in [6.07, 6.45) is -0.606. The van der Waals surface area contributed by atoms with Crippen molar-refractivity contribution >= 4 is 11.0 Å². The molecule has 0 spiro atoms. The number of aliphatic hydroxyl groups is 1. The zero-order valence-corrected chi connectivity index (χ0v) is 17.5. The molecule has 3 rings (SSSR count). The first-order valence-corrected chi connectivity index (χ1v) is 8.56. The van der Waals surface area contributed by atoms with E-state index in [1.54, 1.807) is 7.11 Å². The van der Waals surface area contributed by atoms with Crippen LogP contribution in [-0.2, 0) is 13.1 Å². The highest BCUT2D eigenvalue weighted by atomic mass is 127. The van der Waals surface area contributed by atoms with Gasteiger partial charge in [-0.25, -0.2) is 9.13 Å². The second kappa shape index (κ2) is 9.23. The van der Waals surface area contributed by atoms with Crippen molar-refractivity contribution in [2.24, 2.45) is 0 Å². The Labute approximate surface area is 171 Å².